The van der Waals surface area contributed by atoms with E-state index in [-0.39, 0.29) is 0 Å². The van der Waals surface area contributed by atoms with Gasteiger partial charge in [0.15, 0.2) is 11.5 Å². The highest BCUT2D eigenvalue weighted by Gasteiger charge is 2.04. The van der Waals surface area contributed by atoms with Gasteiger partial charge in [-0.1, -0.05) is 5.92 Å². The zero-order chi connectivity index (χ0) is 9.26. The van der Waals surface area contributed by atoms with Crippen molar-refractivity contribution in [1.82, 2.24) is 19.9 Å². The van der Waals surface area contributed by atoms with Gasteiger partial charge in [-0.15, -0.1) is 0 Å². The van der Waals surface area contributed by atoms with E-state index in [1.165, 1.54) is 6.33 Å². The minimum atomic E-state index is 0.351. The number of aromatic amines is 1. The van der Waals surface area contributed by atoms with Crippen molar-refractivity contribution < 1.29 is 0 Å². The molecule has 0 spiro atoms. The second-order valence-corrected chi connectivity index (χ2v) is 2.41. The number of aromatic nitrogens is 4. The number of nitrogens with two attached hydrogens (primary N) is 1. The maximum absolute atomic E-state index is 5.63. The van der Waals surface area contributed by atoms with Crippen LogP contribution in [-0.2, 0) is 0 Å². The van der Waals surface area contributed by atoms with Gasteiger partial charge in [-0.05, 0) is 12.8 Å². The van der Waals surface area contributed by atoms with Crippen molar-refractivity contribution >= 4 is 17.0 Å². The molecule has 2 aromatic rings. The zero-order valence-electron chi connectivity index (χ0n) is 7.00. The Labute approximate surface area is 74.4 Å². The molecule has 0 amide bonds. The van der Waals surface area contributed by atoms with Crippen LogP contribution in [0.2, 0.25) is 0 Å². The first-order valence-electron chi connectivity index (χ1n) is 3.70. The quantitative estimate of drug-likeness (QED) is 0.562. The number of hydrogen-bond donors (Lipinski definition) is 2. The molecule has 0 saturated heterocycles. The first-order chi connectivity index (χ1) is 6.31. The lowest BCUT2D eigenvalue weighted by Gasteiger charge is -1.93. The molecular formula is C8H7N5. The normalized spacial score (nSPS) is 9.62. The van der Waals surface area contributed by atoms with Crippen LogP contribution in [0.3, 0.4) is 0 Å². The molecule has 0 bridgehead atoms. The molecule has 5 nitrogen and oxygen atoms in total. The molecule has 0 atom stereocenters. The van der Waals surface area contributed by atoms with Gasteiger partial charge in [0, 0.05) is 0 Å². The Hall–Kier alpha value is -2.09. The van der Waals surface area contributed by atoms with Crippen LogP contribution < -0.4 is 5.73 Å². The van der Waals surface area contributed by atoms with Gasteiger partial charge in [0.1, 0.15) is 5.52 Å². The minimum Gasteiger partial charge on any atom is -0.382 e. The van der Waals surface area contributed by atoms with Crippen LogP contribution >= 0.6 is 0 Å². The highest BCUT2D eigenvalue weighted by atomic mass is 15.0. The maximum atomic E-state index is 5.63. The van der Waals surface area contributed by atoms with E-state index in [9.17, 15) is 0 Å². The predicted molar refractivity (Wildman–Crippen MR) is 48.6 cm³/mol. The summed E-state index contributed by atoms with van der Waals surface area (Å²) in [5.74, 6) is 6.20. The summed E-state index contributed by atoms with van der Waals surface area (Å²) in [5.41, 5.74) is 6.83. The first kappa shape index (κ1) is 7.55. The van der Waals surface area contributed by atoms with Crippen molar-refractivity contribution in [2.75, 3.05) is 5.73 Å². The lowest BCUT2D eigenvalue weighted by molar-refractivity contribution is 1.16. The molecule has 2 rings (SSSR count). The third-order valence-electron chi connectivity index (χ3n) is 1.54. The number of hydrogen-bond acceptors (Lipinski definition) is 4. The van der Waals surface area contributed by atoms with Gasteiger partial charge in [0.2, 0.25) is 5.82 Å². The molecule has 0 aliphatic rings. The summed E-state index contributed by atoms with van der Waals surface area (Å²) in [6.07, 6.45) is 1.53. The number of fused-ring (bicyclic) bond motifs is 1. The topological polar surface area (TPSA) is 80.5 Å². The molecule has 0 aliphatic heterocycles. The largest absolute Gasteiger partial charge is 0.382 e. The van der Waals surface area contributed by atoms with Crippen LogP contribution in [0.4, 0.5) is 5.82 Å². The fraction of sp³-hybridized carbons (Fsp3) is 0.125. The SMILES string of the molecule is CC#Cc1nc(N)c2nc[nH]c2n1. The summed E-state index contributed by atoms with van der Waals surface area (Å²) in [6.45, 7) is 1.72. The van der Waals surface area contributed by atoms with E-state index in [0.29, 0.717) is 22.8 Å². The Morgan fingerprint density at radius 2 is 2.31 bits per heavy atom. The van der Waals surface area contributed by atoms with Gasteiger partial charge in [0.05, 0.1) is 6.33 Å². The van der Waals surface area contributed by atoms with Gasteiger partial charge in [0.25, 0.3) is 0 Å². The van der Waals surface area contributed by atoms with E-state index in [2.05, 4.69) is 31.8 Å². The van der Waals surface area contributed by atoms with E-state index in [4.69, 9.17) is 5.73 Å². The van der Waals surface area contributed by atoms with Gasteiger partial charge < -0.3 is 10.7 Å². The highest BCUT2D eigenvalue weighted by molar-refractivity contribution is 5.81. The lowest BCUT2D eigenvalue weighted by atomic mass is 10.4. The Bertz CT molecular complexity index is 502. The van der Waals surface area contributed by atoms with Gasteiger partial charge >= 0.3 is 0 Å². The number of H-pyrrole nitrogens is 1. The summed E-state index contributed by atoms with van der Waals surface area (Å²) in [4.78, 5) is 14.9. The predicted octanol–water partition coefficient (Wildman–Crippen LogP) is 0.307. The van der Waals surface area contributed by atoms with Crippen LogP contribution in [0.25, 0.3) is 11.2 Å². The third kappa shape index (κ3) is 1.18. The molecule has 5 heteroatoms. The highest BCUT2D eigenvalue weighted by Crippen LogP contribution is 2.11. The monoisotopic (exact) mass is 173 g/mol. The molecular weight excluding hydrogens is 166 g/mol. The van der Waals surface area contributed by atoms with Crippen molar-refractivity contribution in [2.45, 2.75) is 6.92 Å². The number of imidazole rings is 1. The van der Waals surface area contributed by atoms with E-state index < -0.39 is 0 Å². The molecule has 0 aromatic carbocycles. The molecule has 0 aliphatic carbocycles. The van der Waals surface area contributed by atoms with Crippen LogP contribution in [0.15, 0.2) is 6.33 Å². The standard InChI is InChI=1S/C8H7N5/c1-2-3-5-12-7(9)6-8(13-5)11-4-10-6/h4H,1H3,(H3,9,10,11,12,13). The maximum Gasteiger partial charge on any atom is 0.208 e. The third-order valence-corrected chi connectivity index (χ3v) is 1.54. The Kier molecular flexibility index (Phi) is 1.60. The van der Waals surface area contributed by atoms with Gasteiger partial charge in [-0.2, -0.15) is 0 Å². The lowest BCUT2D eigenvalue weighted by Crippen LogP contribution is -1.97. The van der Waals surface area contributed by atoms with Crippen LogP contribution in [-0.4, -0.2) is 19.9 Å². The molecule has 2 aromatic heterocycles. The van der Waals surface area contributed by atoms with E-state index in [1.807, 2.05) is 0 Å². The molecule has 3 N–H and O–H groups in total. The summed E-state index contributed by atoms with van der Waals surface area (Å²) < 4.78 is 0. The number of rotatable bonds is 0. The molecule has 64 valence electrons. The molecule has 0 radical (unpaired) electrons. The van der Waals surface area contributed by atoms with Crippen LogP contribution in [0.5, 0.6) is 0 Å². The van der Waals surface area contributed by atoms with Crippen LogP contribution in [0, 0.1) is 11.8 Å². The van der Waals surface area contributed by atoms with E-state index in [0.717, 1.165) is 0 Å². The van der Waals surface area contributed by atoms with Crippen molar-refractivity contribution in [3.63, 3.8) is 0 Å². The summed E-state index contributed by atoms with van der Waals surface area (Å²) >= 11 is 0. The molecule has 13 heavy (non-hydrogen) atoms. The van der Waals surface area contributed by atoms with Gasteiger partial charge in [-0.25, -0.2) is 15.0 Å². The average molecular weight is 173 g/mol. The van der Waals surface area contributed by atoms with Crippen molar-refractivity contribution in [2.24, 2.45) is 0 Å². The summed E-state index contributed by atoms with van der Waals surface area (Å²) in [6, 6.07) is 0. The number of nitrogens with zero attached hydrogens (tertiary/aromatic N) is 3. The Morgan fingerprint density at radius 1 is 1.46 bits per heavy atom. The first-order valence-corrected chi connectivity index (χ1v) is 3.70. The number of nitrogens with one attached hydrogen (secondary N) is 1. The second-order valence-electron chi connectivity index (χ2n) is 2.41. The molecule has 0 unspecified atom stereocenters. The fourth-order valence-electron chi connectivity index (χ4n) is 1.03. The van der Waals surface area contributed by atoms with E-state index in [1.54, 1.807) is 6.92 Å². The Morgan fingerprint density at radius 3 is 3.08 bits per heavy atom. The molecule has 0 saturated carbocycles. The number of anilines is 1. The molecule has 0 fully saturated rings. The minimum absolute atomic E-state index is 0.351. The van der Waals surface area contributed by atoms with Crippen molar-refractivity contribution in [3.8, 4) is 11.8 Å². The van der Waals surface area contributed by atoms with Crippen LogP contribution in [0.1, 0.15) is 12.7 Å². The smallest absolute Gasteiger partial charge is 0.208 e. The summed E-state index contributed by atoms with van der Waals surface area (Å²) in [7, 11) is 0. The van der Waals surface area contributed by atoms with Crippen molar-refractivity contribution in [3.05, 3.63) is 12.2 Å². The molecule has 2 heterocycles. The second kappa shape index (κ2) is 2.75. The van der Waals surface area contributed by atoms with Gasteiger partial charge in [-0.3, -0.25) is 0 Å². The number of nitrogen functional groups attached to an aromatic ring is 1. The van der Waals surface area contributed by atoms with Crippen molar-refractivity contribution in [1.29, 1.82) is 0 Å². The summed E-state index contributed by atoms with van der Waals surface area (Å²) in [5, 5.41) is 0. The average Bonchev–Trinajstić information content (AvgIpc) is 2.53. The fourth-order valence-corrected chi connectivity index (χ4v) is 1.03. The Balaban J connectivity index is 2.74. The zero-order valence-corrected chi connectivity index (χ0v) is 7.00. The van der Waals surface area contributed by atoms with E-state index >= 15 is 0 Å².